The first-order valence-corrected chi connectivity index (χ1v) is 5.29. The SMILES string of the molecule is CC(C)/[C]=N\OCc1cccc(OC(F)(F)F)c1. The van der Waals surface area contributed by atoms with Crippen molar-refractivity contribution in [3.63, 3.8) is 0 Å². The van der Waals surface area contributed by atoms with Crippen LogP contribution in [-0.2, 0) is 11.4 Å². The highest BCUT2D eigenvalue weighted by Gasteiger charge is 2.31. The van der Waals surface area contributed by atoms with Gasteiger partial charge >= 0.3 is 6.36 Å². The normalized spacial score (nSPS) is 12.1. The summed E-state index contributed by atoms with van der Waals surface area (Å²) in [6, 6.07) is 5.54. The summed E-state index contributed by atoms with van der Waals surface area (Å²) in [4.78, 5) is 4.89. The highest BCUT2D eigenvalue weighted by atomic mass is 19.4. The predicted octanol–water partition coefficient (Wildman–Crippen LogP) is 3.62. The first-order chi connectivity index (χ1) is 8.37. The van der Waals surface area contributed by atoms with Crippen LogP contribution >= 0.6 is 0 Å². The van der Waals surface area contributed by atoms with E-state index in [1.807, 2.05) is 13.8 Å². The number of ether oxygens (including phenoxy) is 1. The number of nitrogens with zero attached hydrogens (tertiary/aromatic N) is 1. The minimum Gasteiger partial charge on any atom is -0.406 e. The lowest BCUT2D eigenvalue weighted by atomic mass is 10.2. The lowest BCUT2D eigenvalue weighted by Crippen LogP contribution is -2.17. The molecule has 0 aliphatic carbocycles. The Kier molecular flexibility index (Phi) is 5.00. The van der Waals surface area contributed by atoms with Crippen molar-refractivity contribution in [3.8, 4) is 5.75 Å². The number of benzene rings is 1. The summed E-state index contributed by atoms with van der Waals surface area (Å²) in [5.41, 5.74) is 0.533. The van der Waals surface area contributed by atoms with Gasteiger partial charge in [-0.1, -0.05) is 31.1 Å². The molecule has 0 aliphatic heterocycles. The summed E-state index contributed by atoms with van der Waals surface area (Å²) in [5, 5.41) is 3.56. The van der Waals surface area contributed by atoms with Crippen LogP contribution in [0.25, 0.3) is 0 Å². The van der Waals surface area contributed by atoms with Gasteiger partial charge in [0.15, 0.2) is 0 Å². The van der Waals surface area contributed by atoms with Gasteiger partial charge in [0, 0.05) is 5.92 Å². The molecular formula is C12H13F3NO2. The fourth-order valence-electron chi connectivity index (χ4n) is 1.08. The van der Waals surface area contributed by atoms with Gasteiger partial charge < -0.3 is 9.57 Å². The lowest BCUT2D eigenvalue weighted by Gasteiger charge is -2.09. The highest BCUT2D eigenvalue weighted by Crippen LogP contribution is 2.23. The summed E-state index contributed by atoms with van der Waals surface area (Å²) in [6.45, 7) is 3.82. The average Bonchev–Trinajstić information content (AvgIpc) is 2.22. The summed E-state index contributed by atoms with van der Waals surface area (Å²) in [6.07, 6.45) is -2.03. The van der Waals surface area contributed by atoms with Crippen LogP contribution in [0, 0.1) is 5.92 Å². The largest absolute Gasteiger partial charge is 0.573 e. The molecule has 18 heavy (non-hydrogen) atoms. The van der Waals surface area contributed by atoms with Gasteiger partial charge in [0.2, 0.25) is 0 Å². The summed E-state index contributed by atoms with van der Waals surface area (Å²) < 4.78 is 39.7. The first-order valence-electron chi connectivity index (χ1n) is 5.29. The van der Waals surface area contributed by atoms with Crippen LogP contribution in [0.15, 0.2) is 29.4 Å². The van der Waals surface area contributed by atoms with Crippen LogP contribution in [0.5, 0.6) is 5.75 Å². The topological polar surface area (TPSA) is 30.8 Å². The molecule has 1 rings (SSSR count). The number of halogens is 3. The second-order valence-electron chi connectivity index (χ2n) is 3.84. The zero-order valence-corrected chi connectivity index (χ0v) is 9.99. The molecule has 0 amide bonds. The monoisotopic (exact) mass is 260 g/mol. The van der Waals surface area contributed by atoms with Gasteiger partial charge in [-0.3, -0.25) is 0 Å². The van der Waals surface area contributed by atoms with Crippen molar-refractivity contribution >= 4 is 6.21 Å². The van der Waals surface area contributed by atoms with Gasteiger partial charge in [-0.25, -0.2) is 0 Å². The zero-order chi connectivity index (χ0) is 13.6. The van der Waals surface area contributed by atoms with Crippen molar-refractivity contribution in [2.45, 2.75) is 26.8 Å². The Morgan fingerprint density at radius 1 is 1.33 bits per heavy atom. The number of rotatable bonds is 5. The fourth-order valence-corrected chi connectivity index (χ4v) is 1.08. The number of hydrogen-bond donors (Lipinski definition) is 0. The van der Waals surface area contributed by atoms with Crippen molar-refractivity contribution in [2.24, 2.45) is 11.1 Å². The molecule has 0 saturated heterocycles. The third-order valence-corrected chi connectivity index (χ3v) is 1.74. The van der Waals surface area contributed by atoms with Gasteiger partial charge in [0.1, 0.15) is 18.6 Å². The Bertz CT molecular complexity index is 403. The van der Waals surface area contributed by atoms with Crippen molar-refractivity contribution < 1.29 is 22.7 Å². The molecule has 0 saturated carbocycles. The fraction of sp³-hybridized carbons (Fsp3) is 0.417. The highest BCUT2D eigenvalue weighted by molar-refractivity contribution is 5.58. The lowest BCUT2D eigenvalue weighted by molar-refractivity contribution is -0.274. The van der Waals surface area contributed by atoms with Crippen LogP contribution in [0.1, 0.15) is 19.4 Å². The van der Waals surface area contributed by atoms with Crippen LogP contribution in [0.3, 0.4) is 0 Å². The van der Waals surface area contributed by atoms with E-state index < -0.39 is 6.36 Å². The smallest absolute Gasteiger partial charge is 0.406 e. The minimum atomic E-state index is -4.69. The Morgan fingerprint density at radius 3 is 2.67 bits per heavy atom. The molecule has 0 heterocycles. The quantitative estimate of drug-likeness (QED) is 0.598. The molecule has 99 valence electrons. The molecule has 0 N–H and O–H groups in total. The molecule has 1 aromatic rings. The molecule has 0 atom stereocenters. The molecule has 0 aliphatic rings. The van der Waals surface area contributed by atoms with E-state index in [2.05, 4.69) is 16.1 Å². The van der Waals surface area contributed by atoms with Crippen molar-refractivity contribution in [2.75, 3.05) is 0 Å². The van der Waals surface area contributed by atoms with Crippen LogP contribution in [0.2, 0.25) is 0 Å². The Morgan fingerprint density at radius 2 is 2.06 bits per heavy atom. The third kappa shape index (κ3) is 6.12. The van der Waals surface area contributed by atoms with Gasteiger partial charge in [-0.2, -0.15) is 0 Å². The minimum absolute atomic E-state index is 0.0643. The molecule has 0 spiro atoms. The molecule has 1 aromatic carbocycles. The van der Waals surface area contributed by atoms with E-state index in [9.17, 15) is 13.2 Å². The van der Waals surface area contributed by atoms with Crippen LogP contribution in [-0.4, -0.2) is 12.6 Å². The Hall–Kier alpha value is -1.72. The summed E-state index contributed by atoms with van der Waals surface area (Å²) >= 11 is 0. The second kappa shape index (κ2) is 6.28. The predicted molar refractivity (Wildman–Crippen MR) is 60.2 cm³/mol. The Labute approximate surface area is 103 Å². The summed E-state index contributed by atoms with van der Waals surface area (Å²) in [7, 11) is 0. The zero-order valence-electron chi connectivity index (χ0n) is 9.99. The van der Waals surface area contributed by atoms with Crippen molar-refractivity contribution in [3.05, 3.63) is 29.8 Å². The molecule has 0 bridgehead atoms. The molecule has 0 unspecified atom stereocenters. The van der Waals surface area contributed by atoms with Crippen molar-refractivity contribution in [1.29, 1.82) is 0 Å². The van der Waals surface area contributed by atoms with E-state index in [1.165, 1.54) is 18.2 Å². The molecule has 0 aromatic heterocycles. The molecular weight excluding hydrogens is 247 g/mol. The third-order valence-electron chi connectivity index (χ3n) is 1.74. The van der Waals surface area contributed by atoms with Gasteiger partial charge in [0.25, 0.3) is 0 Å². The molecule has 6 heteroatoms. The van der Waals surface area contributed by atoms with E-state index in [0.717, 1.165) is 0 Å². The van der Waals surface area contributed by atoms with E-state index in [1.54, 1.807) is 6.07 Å². The van der Waals surface area contributed by atoms with Crippen LogP contribution < -0.4 is 4.74 Å². The van der Waals surface area contributed by atoms with Gasteiger partial charge in [-0.15, -0.1) is 13.2 Å². The van der Waals surface area contributed by atoms with E-state index in [0.29, 0.717) is 5.56 Å². The second-order valence-corrected chi connectivity index (χ2v) is 3.84. The Balaban J connectivity index is 2.54. The van der Waals surface area contributed by atoms with Crippen molar-refractivity contribution in [1.82, 2.24) is 0 Å². The van der Waals surface area contributed by atoms with E-state index in [-0.39, 0.29) is 18.3 Å². The van der Waals surface area contributed by atoms with E-state index in [4.69, 9.17) is 4.84 Å². The number of alkyl halides is 3. The van der Waals surface area contributed by atoms with Crippen LogP contribution in [0.4, 0.5) is 13.2 Å². The summed E-state index contributed by atoms with van der Waals surface area (Å²) in [5.74, 6) is -0.148. The average molecular weight is 260 g/mol. The number of hydrogen-bond acceptors (Lipinski definition) is 3. The first kappa shape index (κ1) is 14.3. The standard InChI is InChI=1S/C12H13F3NO2/c1-9(2)7-16-17-8-10-4-3-5-11(6-10)18-12(13,14)15/h3-6,9H,8H2,1-2H3. The maximum Gasteiger partial charge on any atom is 0.573 e. The molecule has 1 radical (unpaired) electrons. The molecule has 3 nitrogen and oxygen atoms in total. The van der Waals surface area contributed by atoms with Gasteiger partial charge in [-0.05, 0) is 17.7 Å². The van der Waals surface area contributed by atoms with Gasteiger partial charge in [0.05, 0.1) is 0 Å². The van der Waals surface area contributed by atoms with E-state index >= 15 is 0 Å². The maximum absolute atomic E-state index is 12.0. The molecule has 0 fully saturated rings. The maximum atomic E-state index is 12.0.